The van der Waals surface area contributed by atoms with Gasteiger partial charge in [0.25, 0.3) is 0 Å². The smallest absolute Gasteiger partial charge is 0.133 e. The Morgan fingerprint density at radius 2 is 1.71 bits per heavy atom. The predicted octanol–water partition coefficient (Wildman–Crippen LogP) is 6.83. The Kier molecular flexibility index (Phi) is 8.42. The Bertz CT molecular complexity index is 643. The lowest BCUT2D eigenvalue weighted by atomic mass is 9.69. The van der Waals surface area contributed by atoms with Gasteiger partial charge in [-0.2, -0.15) is 0 Å². The fourth-order valence-corrected chi connectivity index (χ4v) is 5.09. The molecule has 0 saturated heterocycles. The third kappa shape index (κ3) is 5.75. The van der Waals surface area contributed by atoms with Crippen molar-refractivity contribution in [3.8, 4) is 11.5 Å². The van der Waals surface area contributed by atoms with E-state index in [1.54, 1.807) is 0 Å². The highest BCUT2D eigenvalue weighted by Crippen LogP contribution is 2.48. The first kappa shape index (κ1) is 23.3. The summed E-state index contributed by atoms with van der Waals surface area (Å²) < 4.78 is 0. The molecule has 0 radical (unpaired) electrons. The van der Waals surface area contributed by atoms with Crippen LogP contribution in [0.4, 0.5) is 0 Å². The van der Waals surface area contributed by atoms with E-state index in [-0.39, 0.29) is 28.6 Å². The number of ketones is 1. The number of phenolic OH excluding ortho intramolecular Hbond substituents is 2. The van der Waals surface area contributed by atoms with Crippen LogP contribution in [-0.2, 0) is 10.2 Å². The molecule has 3 nitrogen and oxygen atoms in total. The Labute approximate surface area is 179 Å². The number of unbranched alkanes of at least 4 members (excludes halogenated alkanes) is 3. The van der Waals surface area contributed by atoms with Gasteiger partial charge in [-0.05, 0) is 54.2 Å². The summed E-state index contributed by atoms with van der Waals surface area (Å²) in [6.07, 6.45) is 7.64. The Morgan fingerprint density at radius 3 is 2.29 bits per heavy atom. The fourth-order valence-electron chi connectivity index (χ4n) is 4.69. The normalized spacial score (nSPS) is 20.7. The third-order valence-corrected chi connectivity index (χ3v) is 7.11. The summed E-state index contributed by atoms with van der Waals surface area (Å²) in [7, 11) is 0. The summed E-state index contributed by atoms with van der Waals surface area (Å²) in [5, 5.41) is 22.7. The van der Waals surface area contributed by atoms with E-state index in [9.17, 15) is 15.0 Å². The van der Waals surface area contributed by atoms with Crippen LogP contribution in [0.15, 0.2) is 12.1 Å². The SMILES string of the molecule is CC(C)[C@@H]1CCC(=O)C[C@H]1c1c(O)cc(C(C)(C)CCCCCCBr)cc1O. The second-order valence-corrected chi connectivity index (χ2v) is 10.3. The lowest BCUT2D eigenvalue weighted by molar-refractivity contribution is -0.121. The van der Waals surface area contributed by atoms with Crippen LogP contribution in [0.2, 0.25) is 0 Å². The molecule has 1 aromatic carbocycles. The van der Waals surface area contributed by atoms with Crippen LogP contribution in [0.1, 0.15) is 96.1 Å². The maximum atomic E-state index is 12.1. The van der Waals surface area contributed by atoms with E-state index in [2.05, 4.69) is 43.6 Å². The van der Waals surface area contributed by atoms with Crippen molar-refractivity contribution < 1.29 is 15.0 Å². The number of halogens is 1. The maximum Gasteiger partial charge on any atom is 0.133 e. The maximum absolute atomic E-state index is 12.1. The van der Waals surface area contributed by atoms with Crippen molar-refractivity contribution in [2.45, 2.75) is 90.4 Å². The first-order valence-electron chi connectivity index (χ1n) is 10.8. The molecule has 2 N–H and O–H groups in total. The molecule has 0 aliphatic heterocycles. The van der Waals surface area contributed by atoms with Crippen molar-refractivity contribution in [2.24, 2.45) is 11.8 Å². The minimum absolute atomic E-state index is 0.0948. The number of rotatable bonds is 9. The van der Waals surface area contributed by atoms with Crippen LogP contribution in [0.3, 0.4) is 0 Å². The van der Waals surface area contributed by atoms with Crippen molar-refractivity contribution >= 4 is 21.7 Å². The predicted molar refractivity (Wildman–Crippen MR) is 120 cm³/mol. The van der Waals surface area contributed by atoms with Gasteiger partial charge in [-0.1, -0.05) is 62.9 Å². The van der Waals surface area contributed by atoms with E-state index >= 15 is 0 Å². The molecule has 0 spiro atoms. The van der Waals surface area contributed by atoms with E-state index in [1.165, 1.54) is 19.3 Å². The van der Waals surface area contributed by atoms with E-state index < -0.39 is 0 Å². The van der Waals surface area contributed by atoms with Gasteiger partial charge in [-0.15, -0.1) is 0 Å². The van der Waals surface area contributed by atoms with Crippen LogP contribution in [0, 0.1) is 11.8 Å². The lowest BCUT2D eigenvalue weighted by Crippen LogP contribution is -2.27. The zero-order valence-corrected chi connectivity index (χ0v) is 19.5. The van der Waals surface area contributed by atoms with E-state index in [4.69, 9.17) is 0 Å². The van der Waals surface area contributed by atoms with E-state index in [1.807, 2.05) is 12.1 Å². The zero-order valence-electron chi connectivity index (χ0n) is 17.9. The number of carbonyl (C=O) groups excluding carboxylic acids is 1. The number of alkyl halides is 1. The third-order valence-electron chi connectivity index (χ3n) is 6.55. The van der Waals surface area contributed by atoms with Gasteiger partial charge in [0.05, 0.1) is 0 Å². The standard InChI is InChI=1S/C24H37BrO3/c1-16(2)19-10-9-18(26)15-20(19)23-21(27)13-17(14-22(23)28)24(3,4)11-7-5-6-8-12-25/h13-14,16,19-20,27-28H,5-12,15H2,1-4H3/t19-,20+/m0/s1. The second-order valence-electron chi connectivity index (χ2n) is 9.46. The molecule has 1 aromatic rings. The average molecular weight is 453 g/mol. The van der Waals surface area contributed by atoms with Crippen molar-refractivity contribution in [3.05, 3.63) is 23.3 Å². The van der Waals surface area contributed by atoms with E-state index in [0.717, 1.165) is 30.2 Å². The Morgan fingerprint density at radius 1 is 1.11 bits per heavy atom. The first-order chi connectivity index (χ1) is 13.2. The van der Waals surface area contributed by atoms with Gasteiger partial charge in [0, 0.05) is 29.7 Å². The summed E-state index contributed by atoms with van der Waals surface area (Å²) in [6, 6.07) is 3.65. The lowest BCUT2D eigenvalue weighted by Gasteiger charge is -2.35. The summed E-state index contributed by atoms with van der Waals surface area (Å²) in [6.45, 7) is 8.67. The van der Waals surface area contributed by atoms with Crippen LogP contribution in [0.5, 0.6) is 11.5 Å². The molecule has 0 bridgehead atoms. The van der Waals surface area contributed by atoms with E-state index in [0.29, 0.717) is 30.2 Å². The number of hydrogen-bond donors (Lipinski definition) is 2. The molecule has 1 fully saturated rings. The van der Waals surface area contributed by atoms with Crippen molar-refractivity contribution in [1.82, 2.24) is 0 Å². The first-order valence-corrected chi connectivity index (χ1v) is 11.9. The molecule has 0 amide bonds. The van der Waals surface area contributed by atoms with Crippen LogP contribution in [-0.4, -0.2) is 21.3 Å². The minimum atomic E-state index is -0.109. The molecular weight excluding hydrogens is 416 g/mol. The molecule has 2 rings (SSSR count). The van der Waals surface area contributed by atoms with Gasteiger partial charge in [-0.25, -0.2) is 0 Å². The number of Topliss-reactive ketones (excluding diaryl/α,β-unsaturated/α-hetero) is 1. The molecule has 1 saturated carbocycles. The van der Waals surface area contributed by atoms with Gasteiger partial charge < -0.3 is 10.2 Å². The highest BCUT2D eigenvalue weighted by Gasteiger charge is 2.36. The largest absolute Gasteiger partial charge is 0.508 e. The monoisotopic (exact) mass is 452 g/mol. The quantitative estimate of drug-likeness (QED) is 0.318. The number of benzene rings is 1. The highest BCUT2D eigenvalue weighted by atomic mass is 79.9. The minimum Gasteiger partial charge on any atom is -0.508 e. The van der Waals surface area contributed by atoms with Crippen LogP contribution >= 0.6 is 15.9 Å². The number of phenols is 2. The van der Waals surface area contributed by atoms with Crippen molar-refractivity contribution in [3.63, 3.8) is 0 Å². The molecule has 1 aliphatic carbocycles. The van der Waals surface area contributed by atoms with Crippen molar-refractivity contribution in [1.29, 1.82) is 0 Å². The molecule has 0 heterocycles. The molecule has 158 valence electrons. The van der Waals surface area contributed by atoms with Gasteiger partial charge in [0.15, 0.2) is 0 Å². The van der Waals surface area contributed by atoms with Crippen molar-refractivity contribution in [2.75, 3.05) is 5.33 Å². The van der Waals surface area contributed by atoms with Crippen LogP contribution in [0.25, 0.3) is 0 Å². The molecule has 0 unspecified atom stereocenters. The second kappa shape index (κ2) is 10.1. The highest BCUT2D eigenvalue weighted by molar-refractivity contribution is 9.09. The average Bonchev–Trinajstić information content (AvgIpc) is 2.60. The Balaban J connectivity index is 2.22. The molecule has 0 aromatic heterocycles. The summed E-state index contributed by atoms with van der Waals surface area (Å²) in [5.74, 6) is 1.15. The van der Waals surface area contributed by atoms with Crippen LogP contribution < -0.4 is 0 Å². The Hall–Kier alpha value is -1.03. The van der Waals surface area contributed by atoms with Gasteiger partial charge in [-0.3, -0.25) is 4.79 Å². The molecule has 2 atom stereocenters. The molecular formula is C24H37BrO3. The van der Waals surface area contributed by atoms with Gasteiger partial charge in [0.1, 0.15) is 17.3 Å². The fraction of sp³-hybridized carbons (Fsp3) is 0.708. The number of aromatic hydroxyl groups is 2. The summed E-state index contributed by atoms with van der Waals surface area (Å²) in [5.41, 5.74) is 1.43. The molecule has 28 heavy (non-hydrogen) atoms. The number of hydrogen-bond acceptors (Lipinski definition) is 3. The topological polar surface area (TPSA) is 57.5 Å². The van der Waals surface area contributed by atoms with Gasteiger partial charge in [0.2, 0.25) is 0 Å². The molecule has 4 heteroatoms. The molecule has 1 aliphatic rings. The number of carbonyl (C=O) groups is 1. The summed E-state index contributed by atoms with van der Waals surface area (Å²) >= 11 is 3.47. The summed E-state index contributed by atoms with van der Waals surface area (Å²) in [4.78, 5) is 12.1. The zero-order chi connectivity index (χ0) is 20.9. The van der Waals surface area contributed by atoms with Gasteiger partial charge >= 0.3 is 0 Å².